The van der Waals surface area contributed by atoms with Crippen LogP contribution in [0.4, 0.5) is 0 Å². The van der Waals surface area contributed by atoms with Crippen LogP contribution in [0.2, 0.25) is 0 Å². The lowest BCUT2D eigenvalue weighted by Gasteiger charge is -2.12. The van der Waals surface area contributed by atoms with Gasteiger partial charge in [-0.3, -0.25) is 4.99 Å². The van der Waals surface area contributed by atoms with Crippen molar-refractivity contribution in [2.45, 2.75) is 33.1 Å². The number of unbranched alkanes of at least 4 members (excludes halogenated alkanes) is 1. The van der Waals surface area contributed by atoms with Crippen molar-refractivity contribution in [1.82, 2.24) is 10.6 Å². The highest BCUT2D eigenvalue weighted by Crippen LogP contribution is 1.87. The van der Waals surface area contributed by atoms with E-state index in [1.54, 1.807) is 7.05 Å². The average molecular weight is 431 g/mol. The molecule has 6 nitrogen and oxygen atoms in total. The molecule has 22 heavy (non-hydrogen) atoms. The summed E-state index contributed by atoms with van der Waals surface area (Å²) in [7, 11) is 1.76. The van der Waals surface area contributed by atoms with Crippen molar-refractivity contribution in [2.75, 3.05) is 59.8 Å². The van der Waals surface area contributed by atoms with E-state index in [0.29, 0.717) is 19.8 Å². The van der Waals surface area contributed by atoms with Crippen LogP contribution in [0.15, 0.2) is 4.99 Å². The normalized spacial score (nSPS) is 11.1. The molecule has 0 rings (SSSR count). The highest BCUT2D eigenvalue weighted by atomic mass is 127. The molecule has 0 aliphatic carbocycles. The van der Waals surface area contributed by atoms with Gasteiger partial charge in [-0.1, -0.05) is 13.3 Å². The topological polar surface area (TPSA) is 64.1 Å². The molecule has 0 heterocycles. The minimum atomic E-state index is 0. The molecule has 0 aromatic carbocycles. The van der Waals surface area contributed by atoms with E-state index < -0.39 is 0 Å². The maximum atomic E-state index is 5.48. The van der Waals surface area contributed by atoms with Crippen molar-refractivity contribution in [2.24, 2.45) is 4.99 Å². The first-order valence-electron chi connectivity index (χ1n) is 8.02. The summed E-state index contributed by atoms with van der Waals surface area (Å²) in [6.45, 7) is 10.1. The number of halogens is 1. The summed E-state index contributed by atoms with van der Waals surface area (Å²) in [5, 5.41) is 6.44. The highest BCUT2D eigenvalue weighted by molar-refractivity contribution is 14.0. The molecule has 0 saturated carbocycles. The molecule has 2 N–H and O–H groups in total. The molecule has 0 atom stereocenters. The summed E-state index contributed by atoms with van der Waals surface area (Å²) in [4.78, 5) is 4.15. The van der Waals surface area contributed by atoms with Crippen molar-refractivity contribution in [3.05, 3.63) is 0 Å². The van der Waals surface area contributed by atoms with Crippen LogP contribution >= 0.6 is 24.0 Å². The fourth-order valence-electron chi connectivity index (χ4n) is 1.56. The largest absolute Gasteiger partial charge is 0.382 e. The molecule has 7 heteroatoms. The predicted molar refractivity (Wildman–Crippen MR) is 102 cm³/mol. The molecule has 0 saturated heterocycles. The number of nitrogens with zero attached hydrogens (tertiary/aromatic N) is 1. The molecule has 0 aromatic rings. The SMILES string of the molecule is CCCCOCCOCCNC(=NC)NCCCOCC.I. The van der Waals surface area contributed by atoms with Crippen LogP contribution in [0.25, 0.3) is 0 Å². The van der Waals surface area contributed by atoms with Crippen molar-refractivity contribution >= 4 is 29.9 Å². The number of nitrogens with one attached hydrogen (secondary N) is 2. The van der Waals surface area contributed by atoms with Gasteiger partial charge in [0.15, 0.2) is 5.96 Å². The third kappa shape index (κ3) is 17.9. The van der Waals surface area contributed by atoms with Gasteiger partial charge in [-0.25, -0.2) is 0 Å². The standard InChI is InChI=1S/C15H33N3O3.HI/c1-4-6-10-20-13-14-21-12-9-18-15(16-3)17-8-7-11-19-5-2;/h4-14H2,1-3H3,(H2,16,17,18);1H. The molecular formula is C15H34IN3O3. The van der Waals surface area contributed by atoms with Crippen molar-refractivity contribution in [3.8, 4) is 0 Å². The van der Waals surface area contributed by atoms with E-state index in [1.165, 1.54) is 6.42 Å². The van der Waals surface area contributed by atoms with Gasteiger partial charge in [0.2, 0.25) is 0 Å². The van der Waals surface area contributed by atoms with E-state index in [2.05, 4.69) is 22.5 Å². The summed E-state index contributed by atoms with van der Waals surface area (Å²) in [6.07, 6.45) is 3.26. The van der Waals surface area contributed by atoms with E-state index in [1.807, 2.05) is 6.92 Å². The number of hydrogen-bond acceptors (Lipinski definition) is 4. The molecule has 0 spiro atoms. The number of aliphatic imine (C=N–C) groups is 1. The zero-order valence-corrected chi connectivity index (χ0v) is 16.7. The molecule has 0 unspecified atom stereocenters. The average Bonchev–Trinajstić information content (AvgIpc) is 2.51. The lowest BCUT2D eigenvalue weighted by atomic mass is 10.4. The van der Waals surface area contributed by atoms with Gasteiger partial charge in [0, 0.05) is 40.0 Å². The Morgan fingerprint density at radius 2 is 1.45 bits per heavy atom. The second-order valence-electron chi connectivity index (χ2n) is 4.55. The molecule has 134 valence electrons. The minimum absolute atomic E-state index is 0. The molecule has 0 aromatic heterocycles. The summed E-state index contributed by atoms with van der Waals surface area (Å²) < 4.78 is 16.2. The van der Waals surface area contributed by atoms with E-state index in [4.69, 9.17) is 14.2 Å². The zero-order chi connectivity index (χ0) is 15.6. The Morgan fingerprint density at radius 1 is 0.818 bits per heavy atom. The van der Waals surface area contributed by atoms with Crippen LogP contribution in [0.5, 0.6) is 0 Å². The van der Waals surface area contributed by atoms with Crippen molar-refractivity contribution in [3.63, 3.8) is 0 Å². The van der Waals surface area contributed by atoms with Crippen LogP contribution in [0.3, 0.4) is 0 Å². The third-order valence-corrected chi connectivity index (χ3v) is 2.74. The maximum Gasteiger partial charge on any atom is 0.191 e. The third-order valence-electron chi connectivity index (χ3n) is 2.74. The van der Waals surface area contributed by atoms with Gasteiger partial charge in [0.1, 0.15) is 0 Å². The molecule has 0 bridgehead atoms. The van der Waals surface area contributed by atoms with E-state index in [0.717, 1.165) is 51.7 Å². The van der Waals surface area contributed by atoms with Crippen LogP contribution < -0.4 is 10.6 Å². The van der Waals surface area contributed by atoms with Crippen molar-refractivity contribution < 1.29 is 14.2 Å². The van der Waals surface area contributed by atoms with Gasteiger partial charge in [-0.05, 0) is 19.8 Å². The molecule has 0 aliphatic heterocycles. The Balaban J connectivity index is 0. The van der Waals surface area contributed by atoms with Gasteiger partial charge in [-0.15, -0.1) is 24.0 Å². The molecule has 0 fully saturated rings. The monoisotopic (exact) mass is 431 g/mol. The fraction of sp³-hybridized carbons (Fsp3) is 0.933. The highest BCUT2D eigenvalue weighted by Gasteiger charge is 1.96. The van der Waals surface area contributed by atoms with Crippen molar-refractivity contribution in [1.29, 1.82) is 0 Å². The summed E-state index contributed by atoms with van der Waals surface area (Å²) in [6, 6.07) is 0. The van der Waals surface area contributed by atoms with Gasteiger partial charge in [-0.2, -0.15) is 0 Å². The van der Waals surface area contributed by atoms with E-state index in [-0.39, 0.29) is 24.0 Å². The summed E-state index contributed by atoms with van der Waals surface area (Å²) in [5.41, 5.74) is 0. The molecule has 0 amide bonds. The first-order valence-corrected chi connectivity index (χ1v) is 8.02. The lowest BCUT2D eigenvalue weighted by molar-refractivity contribution is 0.0487. The Bertz CT molecular complexity index is 244. The van der Waals surface area contributed by atoms with Crippen LogP contribution in [-0.2, 0) is 14.2 Å². The number of hydrogen-bond donors (Lipinski definition) is 2. The summed E-state index contributed by atoms with van der Waals surface area (Å²) >= 11 is 0. The predicted octanol–water partition coefficient (Wildman–Crippen LogP) is 2.03. The van der Waals surface area contributed by atoms with Gasteiger partial charge >= 0.3 is 0 Å². The van der Waals surface area contributed by atoms with Crippen LogP contribution in [0.1, 0.15) is 33.1 Å². The Labute approximate surface area is 152 Å². The van der Waals surface area contributed by atoms with Crippen LogP contribution in [0, 0.1) is 0 Å². The van der Waals surface area contributed by atoms with Gasteiger partial charge < -0.3 is 24.8 Å². The molecule has 0 aliphatic rings. The Morgan fingerprint density at radius 3 is 2.09 bits per heavy atom. The van der Waals surface area contributed by atoms with Gasteiger partial charge in [0.05, 0.1) is 19.8 Å². The zero-order valence-electron chi connectivity index (χ0n) is 14.4. The quantitative estimate of drug-likeness (QED) is 0.191. The maximum absolute atomic E-state index is 5.48. The van der Waals surface area contributed by atoms with Crippen LogP contribution in [-0.4, -0.2) is 65.7 Å². The minimum Gasteiger partial charge on any atom is -0.382 e. The Kier molecular flexibility index (Phi) is 22.9. The molecular weight excluding hydrogens is 397 g/mol. The molecule has 0 radical (unpaired) electrons. The van der Waals surface area contributed by atoms with Gasteiger partial charge in [0.25, 0.3) is 0 Å². The summed E-state index contributed by atoms with van der Waals surface area (Å²) in [5.74, 6) is 0.800. The first-order chi connectivity index (χ1) is 10.3. The lowest BCUT2D eigenvalue weighted by Crippen LogP contribution is -2.39. The fourth-order valence-corrected chi connectivity index (χ4v) is 1.56. The smallest absolute Gasteiger partial charge is 0.191 e. The van der Waals surface area contributed by atoms with E-state index in [9.17, 15) is 0 Å². The second kappa shape index (κ2) is 20.9. The Hall–Kier alpha value is -0.120. The number of rotatable bonds is 14. The second-order valence-corrected chi connectivity index (χ2v) is 4.55. The number of ether oxygens (including phenoxy) is 3. The van der Waals surface area contributed by atoms with E-state index >= 15 is 0 Å². The number of guanidine groups is 1. The first kappa shape index (κ1) is 24.1.